The van der Waals surface area contributed by atoms with Crippen LogP contribution in [-0.4, -0.2) is 17.9 Å². The van der Waals surface area contributed by atoms with Gasteiger partial charge in [-0.1, -0.05) is 32.0 Å². The number of carbonyl (C=O) groups is 2. The molecule has 0 saturated carbocycles. The molecule has 5 nitrogen and oxygen atoms in total. The van der Waals surface area contributed by atoms with Gasteiger partial charge in [-0.15, -0.1) is 0 Å². The van der Waals surface area contributed by atoms with Gasteiger partial charge in [-0.3, -0.25) is 9.59 Å². The van der Waals surface area contributed by atoms with Crippen molar-refractivity contribution >= 4 is 28.9 Å². The second-order valence-electron chi connectivity index (χ2n) is 6.63. The molecule has 0 aliphatic heterocycles. The molecule has 3 N–H and O–H groups in total. The molecule has 0 fully saturated rings. The summed E-state index contributed by atoms with van der Waals surface area (Å²) in [7, 11) is 0. The Kier molecular flexibility index (Phi) is 6.93. The zero-order chi connectivity index (χ0) is 20.0. The first-order chi connectivity index (χ1) is 12.8. The van der Waals surface area contributed by atoms with Gasteiger partial charge in [-0.2, -0.15) is 0 Å². The number of nitrogens with one attached hydrogen (secondary N) is 3. The Labute approximate surface area is 159 Å². The minimum atomic E-state index is -0.550. The van der Waals surface area contributed by atoms with Gasteiger partial charge in [0.25, 0.3) is 0 Å². The molecule has 2 rings (SSSR count). The van der Waals surface area contributed by atoms with E-state index < -0.39 is 11.9 Å². The number of anilines is 3. The molecule has 2 atom stereocenters. The molecule has 0 heterocycles. The van der Waals surface area contributed by atoms with E-state index in [4.69, 9.17) is 0 Å². The third kappa shape index (κ3) is 5.54. The fourth-order valence-corrected chi connectivity index (χ4v) is 2.72. The van der Waals surface area contributed by atoms with E-state index in [-0.39, 0.29) is 17.5 Å². The van der Waals surface area contributed by atoms with Gasteiger partial charge in [0.2, 0.25) is 11.8 Å². The summed E-state index contributed by atoms with van der Waals surface area (Å²) in [5.74, 6) is -0.757. The number of hydrogen-bond acceptors (Lipinski definition) is 3. The third-order valence-corrected chi connectivity index (χ3v) is 4.42. The molecule has 0 aromatic heterocycles. The Morgan fingerprint density at radius 3 is 2.41 bits per heavy atom. The fourth-order valence-electron chi connectivity index (χ4n) is 2.72. The summed E-state index contributed by atoms with van der Waals surface area (Å²) in [6.45, 7) is 7.26. The number of benzene rings is 2. The van der Waals surface area contributed by atoms with Crippen molar-refractivity contribution in [2.24, 2.45) is 0 Å². The smallest absolute Gasteiger partial charge is 0.246 e. The van der Waals surface area contributed by atoms with Gasteiger partial charge in [0.15, 0.2) is 0 Å². The molecule has 0 aliphatic rings. The lowest BCUT2D eigenvalue weighted by atomic mass is 9.97. The van der Waals surface area contributed by atoms with Crippen molar-refractivity contribution in [3.8, 4) is 0 Å². The lowest BCUT2D eigenvalue weighted by Crippen LogP contribution is -2.32. The van der Waals surface area contributed by atoms with Crippen LogP contribution in [0.25, 0.3) is 0 Å². The van der Waals surface area contributed by atoms with Gasteiger partial charge in [0.05, 0.1) is 5.69 Å². The lowest BCUT2D eigenvalue weighted by Gasteiger charge is -2.19. The van der Waals surface area contributed by atoms with E-state index >= 15 is 0 Å². The number of rotatable bonds is 7. The highest BCUT2D eigenvalue weighted by atomic mass is 19.1. The average Bonchev–Trinajstić information content (AvgIpc) is 2.63. The number of para-hydroxylation sites is 1. The largest absolute Gasteiger partial charge is 0.374 e. The summed E-state index contributed by atoms with van der Waals surface area (Å²) in [5, 5.41) is 8.42. The predicted octanol–water partition coefficient (Wildman–Crippen LogP) is 4.74. The van der Waals surface area contributed by atoms with Gasteiger partial charge in [-0.05, 0) is 49.1 Å². The summed E-state index contributed by atoms with van der Waals surface area (Å²) in [6.07, 6.45) is 0.974. The number of halogens is 1. The van der Waals surface area contributed by atoms with E-state index in [1.807, 2.05) is 24.3 Å². The third-order valence-electron chi connectivity index (χ3n) is 4.42. The van der Waals surface area contributed by atoms with Crippen molar-refractivity contribution in [3.05, 3.63) is 53.8 Å². The van der Waals surface area contributed by atoms with Crippen molar-refractivity contribution < 1.29 is 14.0 Å². The van der Waals surface area contributed by atoms with Crippen LogP contribution in [0.15, 0.2) is 42.5 Å². The van der Waals surface area contributed by atoms with E-state index in [1.54, 1.807) is 6.92 Å². The zero-order valence-corrected chi connectivity index (χ0v) is 16.1. The normalized spacial score (nSPS) is 12.8. The Morgan fingerprint density at radius 2 is 1.74 bits per heavy atom. The first-order valence-electron chi connectivity index (χ1n) is 9.05. The van der Waals surface area contributed by atoms with Crippen LogP contribution in [0.1, 0.15) is 45.6 Å². The topological polar surface area (TPSA) is 70.2 Å². The molecule has 2 aromatic carbocycles. The van der Waals surface area contributed by atoms with Crippen LogP contribution in [0.5, 0.6) is 0 Å². The molecule has 0 saturated heterocycles. The van der Waals surface area contributed by atoms with Gasteiger partial charge < -0.3 is 16.0 Å². The van der Waals surface area contributed by atoms with Crippen molar-refractivity contribution in [3.63, 3.8) is 0 Å². The van der Waals surface area contributed by atoms with Crippen molar-refractivity contribution in [1.29, 1.82) is 0 Å². The molecule has 6 heteroatoms. The SMILES string of the molecule is CC[C@@H](C)c1ccccc1NC(=O)[C@@H](C)Nc1ccc(F)c(NC(C)=O)c1. The quantitative estimate of drug-likeness (QED) is 0.658. The number of amides is 2. The lowest BCUT2D eigenvalue weighted by molar-refractivity contribution is -0.116. The van der Waals surface area contributed by atoms with Gasteiger partial charge in [0, 0.05) is 18.3 Å². The highest BCUT2D eigenvalue weighted by molar-refractivity contribution is 5.97. The Morgan fingerprint density at radius 1 is 1.04 bits per heavy atom. The first-order valence-corrected chi connectivity index (χ1v) is 9.05. The van der Waals surface area contributed by atoms with Crippen LogP contribution in [0.4, 0.5) is 21.5 Å². The molecule has 144 valence electrons. The van der Waals surface area contributed by atoms with Crippen LogP contribution >= 0.6 is 0 Å². The number of hydrogen-bond donors (Lipinski definition) is 3. The monoisotopic (exact) mass is 371 g/mol. The van der Waals surface area contributed by atoms with Crippen LogP contribution in [0, 0.1) is 5.82 Å². The number of carbonyl (C=O) groups excluding carboxylic acids is 2. The molecule has 0 unspecified atom stereocenters. The average molecular weight is 371 g/mol. The molecule has 0 spiro atoms. The molecule has 0 bridgehead atoms. The van der Waals surface area contributed by atoms with E-state index in [0.29, 0.717) is 11.6 Å². The molecular formula is C21H26FN3O2. The minimum Gasteiger partial charge on any atom is -0.374 e. The zero-order valence-electron chi connectivity index (χ0n) is 16.1. The Balaban J connectivity index is 2.10. The van der Waals surface area contributed by atoms with Crippen LogP contribution in [-0.2, 0) is 9.59 Å². The first kappa shape index (κ1) is 20.4. The highest BCUT2D eigenvalue weighted by Gasteiger charge is 2.16. The Bertz CT molecular complexity index is 823. The second-order valence-corrected chi connectivity index (χ2v) is 6.63. The molecule has 2 aromatic rings. The van der Waals surface area contributed by atoms with Gasteiger partial charge >= 0.3 is 0 Å². The van der Waals surface area contributed by atoms with Crippen LogP contribution in [0.2, 0.25) is 0 Å². The van der Waals surface area contributed by atoms with Gasteiger partial charge in [-0.25, -0.2) is 4.39 Å². The predicted molar refractivity (Wildman–Crippen MR) is 108 cm³/mol. The van der Waals surface area contributed by atoms with E-state index in [9.17, 15) is 14.0 Å². The molecule has 0 aliphatic carbocycles. The summed E-state index contributed by atoms with van der Waals surface area (Å²) in [5.41, 5.74) is 2.50. The summed E-state index contributed by atoms with van der Waals surface area (Å²) >= 11 is 0. The van der Waals surface area contributed by atoms with E-state index in [1.165, 1.54) is 25.1 Å². The Hall–Kier alpha value is -2.89. The maximum Gasteiger partial charge on any atom is 0.246 e. The molecule has 2 amide bonds. The fraction of sp³-hybridized carbons (Fsp3) is 0.333. The summed E-state index contributed by atoms with van der Waals surface area (Å²) < 4.78 is 13.7. The second kappa shape index (κ2) is 9.16. The highest BCUT2D eigenvalue weighted by Crippen LogP contribution is 2.27. The van der Waals surface area contributed by atoms with Crippen molar-refractivity contribution in [1.82, 2.24) is 0 Å². The maximum atomic E-state index is 13.7. The molecule has 0 radical (unpaired) electrons. The molecule has 27 heavy (non-hydrogen) atoms. The molecular weight excluding hydrogens is 345 g/mol. The van der Waals surface area contributed by atoms with Crippen LogP contribution < -0.4 is 16.0 Å². The van der Waals surface area contributed by atoms with Gasteiger partial charge in [0.1, 0.15) is 11.9 Å². The summed E-state index contributed by atoms with van der Waals surface area (Å²) in [4.78, 5) is 23.8. The standard InChI is InChI=1S/C21H26FN3O2/c1-5-13(2)17-8-6-7-9-19(17)25-21(27)14(3)23-16-10-11-18(22)20(12-16)24-15(4)26/h6-14,23H,5H2,1-4H3,(H,24,26)(H,25,27)/t13-,14-/m1/s1. The maximum absolute atomic E-state index is 13.7. The van der Waals surface area contributed by atoms with Crippen molar-refractivity contribution in [2.45, 2.75) is 46.1 Å². The van der Waals surface area contributed by atoms with Crippen LogP contribution in [0.3, 0.4) is 0 Å². The van der Waals surface area contributed by atoms with E-state index in [2.05, 4.69) is 29.8 Å². The van der Waals surface area contributed by atoms with Crippen molar-refractivity contribution in [2.75, 3.05) is 16.0 Å². The summed E-state index contributed by atoms with van der Waals surface area (Å²) in [6, 6.07) is 11.4. The minimum absolute atomic E-state index is 0.0715. The van der Waals surface area contributed by atoms with E-state index in [0.717, 1.165) is 17.7 Å².